The number of nitrogens with one attached hydrogen (secondary N) is 2. The van der Waals surface area contributed by atoms with Gasteiger partial charge in [-0.1, -0.05) is 20.8 Å². The number of H-pyrrole nitrogens is 1. The highest BCUT2D eigenvalue weighted by Crippen LogP contribution is 2.16. The largest absolute Gasteiger partial charge is 0.377 e. The maximum Gasteiger partial charge on any atom is 0.295 e. The lowest BCUT2D eigenvalue weighted by molar-refractivity contribution is 0.325. The van der Waals surface area contributed by atoms with Gasteiger partial charge >= 0.3 is 0 Å². The van der Waals surface area contributed by atoms with E-state index in [9.17, 15) is 4.79 Å². The van der Waals surface area contributed by atoms with E-state index >= 15 is 0 Å². The Balaban J connectivity index is 2.63. The zero-order valence-electron chi connectivity index (χ0n) is 9.98. The third-order valence-corrected chi connectivity index (χ3v) is 2.37. The topological polar surface area (TPSA) is 95.3 Å². The predicted molar refractivity (Wildman–Crippen MR) is 63.0 cm³/mol. The second-order valence-electron chi connectivity index (χ2n) is 4.80. The van der Waals surface area contributed by atoms with Crippen LogP contribution in [0.5, 0.6) is 0 Å². The van der Waals surface area contributed by atoms with Crippen LogP contribution in [-0.4, -0.2) is 31.6 Å². The first kappa shape index (κ1) is 11.6. The lowest BCUT2D eigenvalue weighted by atomic mass is 9.93. The lowest BCUT2D eigenvalue weighted by Gasteiger charge is -2.14. The molecular formula is C10H15N5O2. The number of anilines is 1. The standard InChI is InChI=1S/C10H15N5O2/c1-10(2,3)8-9(17)15-7(12-13-8)4-6(14-15)11-5-16/h4,11,14,16H,5H2,1-3H3. The molecule has 7 heteroatoms. The van der Waals surface area contributed by atoms with Gasteiger partial charge < -0.3 is 10.4 Å². The number of hydrogen-bond acceptors (Lipinski definition) is 5. The molecule has 0 aliphatic rings. The van der Waals surface area contributed by atoms with Crippen molar-refractivity contribution in [2.24, 2.45) is 0 Å². The van der Waals surface area contributed by atoms with E-state index in [4.69, 9.17) is 5.11 Å². The van der Waals surface area contributed by atoms with Gasteiger partial charge in [0.25, 0.3) is 5.56 Å². The van der Waals surface area contributed by atoms with Crippen LogP contribution in [0.1, 0.15) is 26.5 Å². The van der Waals surface area contributed by atoms with Gasteiger partial charge in [-0.2, -0.15) is 4.52 Å². The van der Waals surface area contributed by atoms with Crippen LogP contribution in [0.2, 0.25) is 0 Å². The van der Waals surface area contributed by atoms with Crippen LogP contribution in [0.3, 0.4) is 0 Å². The van der Waals surface area contributed by atoms with Crippen molar-refractivity contribution in [3.63, 3.8) is 0 Å². The molecule has 2 aromatic rings. The number of aliphatic hydroxyl groups is 1. The van der Waals surface area contributed by atoms with Gasteiger partial charge in [-0.25, -0.2) is 0 Å². The Morgan fingerprint density at radius 1 is 1.47 bits per heavy atom. The number of fused-ring (bicyclic) bond motifs is 1. The fourth-order valence-electron chi connectivity index (χ4n) is 1.53. The number of aromatic nitrogens is 4. The Bertz CT molecular complexity index is 593. The number of nitrogens with zero attached hydrogens (tertiary/aromatic N) is 3. The summed E-state index contributed by atoms with van der Waals surface area (Å²) in [6.45, 7) is 5.49. The van der Waals surface area contributed by atoms with Crippen molar-refractivity contribution in [3.8, 4) is 0 Å². The van der Waals surface area contributed by atoms with E-state index in [0.29, 0.717) is 17.2 Å². The molecule has 92 valence electrons. The molecule has 17 heavy (non-hydrogen) atoms. The Kier molecular flexibility index (Phi) is 2.62. The number of hydrogen-bond donors (Lipinski definition) is 3. The number of aliphatic hydroxyl groups excluding tert-OH is 1. The molecule has 2 rings (SSSR count). The average molecular weight is 237 g/mol. The van der Waals surface area contributed by atoms with Crippen LogP contribution < -0.4 is 10.9 Å². The predicted octanol–water partition coefficient (Wildman–Crippen LogP) is 0.0768. The Morgan fingerprint density at radius 3 is 2.76 bits per heavy atom. The number of aromatic amines is 1. The van der Waals surface area contributed by atoms with Crippen LogP contribution in [-0.2, 0) is 5.41 Å². The highest BCUT2D eigenvalue weighted by molar-refractivity contribution is 5.49. The van der Waals surface area contributed by atoms with Gasteiger partial charge in [0.15, 0.2) is 5.65 Å². The zero-order valence-corrected chi connectivity index (χ0v) is 9.98. The first-order chi connectivity index (χ1) is 7.93. The van der Waals surface area contributed by atoms with Gasteiger partial charge in [-0.3, -0.25) is 9.89 Å². The van der Waals surface area contributed by atoms with Crippen molar-refractivity contribution in [2.45, 2.75) is 26.2 Å². The molecule has 0 atom stereocenters. The van der Waals surface area contributed by atoms with Crippen LogP contribution >= 0.6 is 0 Å². The molecule has 0 fully saturated rings. The molecule has 0 spiro atoms. The minimum Gasteiger partial charge on any atom is -0.377 e. The molecule has 3 N–H and O–H groups in total. The molecule has 7 nitrogen and oxygen atoms in total. The van der Waals surface area contributed by atoms with E-state index in [1.165, 1.54) is 4.52 Å². The third-order valence-electron chi connectivity index (χ3n) is 2.37. The van der Waals surface area contributed by atoms with Gasteiger partial charge in [0.1, 0.15) is 18.2 Å². The Hall–Kier alpha value is -1.89. The first-order valence-electron chi connectivity index (χ1n) is 5.27. The monoisotopic (exact) mass is 237 g/mol. The van der Waals surface area contributed by atoms with E-state index in [1.807, 2.05) is 20.8 Å². The fourth-order valence-corrected chi connectivity index (χ4v) is 1.53. The summed E-state index contributed by atoms with van der Waals surface area (Å²) in [5.74, 6) is 0.518. The lowest BCUT2D eigenvalue weighted by Crippen LogP contribution is -2.30. The summed E-state index contributed by atoms with van der Waals surface area (Å²) < 4.78 is 1.31. The summed E-state index contributed by atoms with van der Waals surface area (Å²) in [4.78, 5) is 12.1. The molecule has 0 saturated heterocycles. The van der Waals surface area contributed by atoms with E-state index in [2.05, 4.69) is 20.6 Å². The molecule has 0 unspecified atom stereocenters. The van der Waals surface area contributed by atoms with Crippen molar-refractivity contribution < 1.29 is 5.11 Å². The summed E-state index contributed by atoms with van der Waals surface area (Å²) in [5, 5.41) is 22.1. The molecule has 2 aromatic heterocycles. The highest BCUT2D eigenvalue weighted by Gasteiger charge is 2.22. The van der Waals surface area contributed by atoms with E-state index in [-0.39, 0.29) is 17.7 Å². The molecule has 0 bridgehead atoms. The maximum absolute atomic E-state index is 12.1. The molecule has 0 aliphatic heterocycles. The minimum atomic E-state index is -0.360. The molecule has 0 aromatic carbocycles. The van der Waals surface area contributed by atoms with Gasteiger partial charge in [-0.05, 0) is 0 Å². The van der Waals surface area contributed by atoms with Crippen LogP contribution in [0.25, 0.3) is 5.65 Å². The summed E-state index contributed by atoms with van der Waals surface area (Å²) in [6.07, 6.45) is 0. The minimum absolute atomic E-state index is 0.221. The second kappa shape index (κ2) is 3.85. The highest BCUT2D eigenvalue weighted by atomic mass is 16.3. The maximum atomic E-state index is 12.1. The molecule has 2 heterocycles. The fraction of sp³-hybridized carbons (Fsp3) is 0.500. The van der Waals surface area contributed by atoms with Crippen LogP contribution in [0.15, 0.2) is 10.9 Å². The van der Waals surface area contributed by atoms with Crippen molar-refractivity contribution in [3.05, 3.63) is 22.1 Å². The van der Waals surface area contributed by atoms with Gasteiger partial charge in [0.2, 0.25) is 0 Å². The van der Waals surface area contributed by atoms with Crippen LogP contribution in [0.4, 0.5) is 5.82 Å². The van der Waals surface area contributed by atoms with Crippen molar-refractivity contribution in [2.75, 3.05) is 12.0 Å². The second-order valence-corrected chi connectivity index (χ2v) is 4.80. The summed E-state index contributed by atoms with van der Waals surface area (Å²) >= 11 is 0. The van der Waals surface area contributed by atoms with Crippen molar-refractivity contribution in [1.29, 1.82) is 0 Å². The van der Waals surface area contributed by atoms with E-state index < -0.39 is 0 Å². The van der Waals surface area contributed by atoms with Gasteiger partial charge in [-0.15, -0.1) is 10.2 Å². The quantitative estimate of drug-likeness (QED) is 0.643. The average Bonchev–Trinajstić information content (AvgIpc) is 2.60. The molecule has 0 saturated carbocycles. The van der Waals surface area contributed by atoms with Crippen LogP contribution in [0, 0.1) is 0 Å². The smallest absolute Gasteiger partial charge is 0.295 e. The summed E-state index contributed by atoms with van der Waals surface area (Å²) in [5.41, 5.74) is 0.223. The normalized spacial score (nSPS) is 12.0. The summed E-state index contributed by atoms with van der Waals surface area (Å²) in [6, 6.07) is 1.61. The van der Waals surface area contributed by atoms with E-state index in [0.717, 1.165) is 0 Å². The van der Waals surface area contributed by atoms with E-state index in [1.54, 1.807) is 6.07 Å². The Morgan fingerprint density at radius 2 is 2.18 bits per heavy atom. The SMILES string of the molecule is CC(C)(C)c1nnc2cc(NCO)[nH]n2c1=O. The molecule has 0 radical (unpaired) electrons. The first-order valence-corrected chi connectivity index (χ1v) is 5.27. The van der Waals surface area contributed by atoms with Gasteiger partial charge in [0.05, 0.1) is 0 Å². The van der Waals surface area contributed by atoms with Crippen molar-refractivity contribution >= 4 is 11.5 Å². The molecular weight excluding hydrogens is 222 g/mol. The third kappa shape index (κ3) is 2.01. The molecule has 0 amide bonds. The summed E-state index contributed by atoms with van der Waals surface area (Å²) in [7, 11) is 0. The van der Waals surface area contributed by atoms with Gasteiger partial charge in [0, 0.05) is 11.5 Å². The Labute approximate surface area is 97.5 Å². The number of rotatable bonds is 2. The van der Waals surface area contributed by atoms with Crippen molar-refractivity contribution in [1.82, 2.24) is 19.8 Å². The zero-order chi connectivity index (χ0) is 12.6. The molecule has 0 aliphatic carbocycles.